The van der Waals surface area contributed by atoms with E-state index in [1.165, 1.54) is 12.1 Å². The summed E-state index contributed by atoms with van der Waals surface area (Å²) in [6.45, 7) is 2.01. The second-order valence-corrected chi connectivity index (χ2v) is 6.21. The SMILES string of the molecule is Cc1cccc(Nc2nc(-c3ccccc3)c3cc([N+](=O)[O-])ccc3n2)c1. The van der Waals surface area contributed by atoms with Crippen LogP contribution in [0.25, 0.3) is 22.2 Å². The smallest absolute Gasteiger partial charge is 0.270 e. The van der Waals surface area contributed by atoms with Crippen LogP contribution in [-0.2, 0) is 0 Å². The number of hydrogen-bond acceptors (Lipinski definition) is 5. The van der Waals surface area contributed by atoms with Gasteiger partial charge in [-0.15, -0.1) is 0 Å². The van der Waals surface area contributed by atoms with Crippen molar-refractivity contribution in [1.29, 1.82) is 0 Å². The average molecular weight is 356 g/mol. The van der Waals surface area contributed by atoms with Crippen LogP contribution in [-0.4, -0.2) is 14.9 Å². The first-order valence-corrected chi connectivity index (χ1v) is 8.45. The Kier molecular flexibility index (Phi) is 4.22. The summed E-state index contributed by atoms with van der Waals surface area (Å²) in [7, 11) is 0. The topological polar surface area (TPSA) is 81.0 Å². The highest BCUT2D eigenvalue weighted by Gasteiger charge is 2.14. The molecular weight excluding hydrogens is 340 g/mol. The summed E-state index contributed by atoms with van der Waals surface area (Å²) in [4.78, 5) is 20.0. The fourth-order valence-electron chi connectivity index (χ4n) is 2.95. The molecule has 6 nitrogen and oxygen atoms in total. The van der Waals surface area contributed by atoms with E-state index in [0.717, 1.165) is 16.8 Å². The van der Waals surface area contributed by atoms with Crippen molar-refractivity contribution >= 4 is 28.2 Å². The monoisotopic (exact) mass is 356 g/mol. The summed E-state index contributed by atoms with van der Waals surface area (Å²) in [5.74, 6) is 0.445. The summed E-state index contributed by atoms with van der Waals surface area (Å²) in [6.07, 6.45) is 0. The van der Waals surface area contributed by atoms with Crippen LogP contribution in [0.1, 0.15) is 5.56 Å². The molecule has 1 aromatic heterocycles. The van der Waals surface area contributed by atoms with Crippen molar-refractivity contribution in [3.05, 3.63) is 88.5 Å². The first kappa shape index (κ1) is 16.7. The summed E-state index contributed by atoms with van der Waals surface area (Å²) in [6, 6.07) is 22.2. The molecule has 0 aliphatic carbocycles. The first-order valence-electron chi connectivity index (χ1n) is 8.45. The van der Waals surface area contributed by atoms with Crippen molar-refractivity contribution in [1.82, 2.24) is 9.97 Å². The van der Waals surface area contributed by atoms with Gasteiger partial charge in [-0.3, -0.25) is 10.1 Å². The Balaban J connectivity index is 1.89. The minimum Gasteiger partial charge on any atom is -0.324 e. The van der Waals surface area contributed by atoms with Crippen LogP contribution in [0.2, 0.25) is 0 Å². The number of nitrogens with one attached hydrogen (secondary N) is 1. The molecule has 27 heavy (non-hydrogen) atoms. The molecule has 0 fully saturated rings. The number of aryl methyl sites for hydroxylation is 1. The number of benzene rings is 3. The lowest BCUT2D eigenvalue weighted by Crippen LogP contribution is -2.00. The van der Waals surface area contributed by atoms with Crippen LogP contribution in [0.3, 0.4) is 0 Å². The number of nitrogens with zero attached hydrogens (tertiary/aromatic N) is 3. The van der Waals surface area contributed by atoms with Gasteiger partial charge in [0.15, 0.2) is 0 Å². The largest absolute Gasteiger partial charge is 0.324 e. The third kappa shape index (κ3) is 3.46. The maximum absolute atomic E-state index is 11.2. The first-order chi connectivity index (χ1) is 13.1. The third-order valence-corrected chi connectivity index (χ3v) is 4.21. The molecule has 0 saturated carbocycles. The van der Waals surface area contributed by atoms with Gasteiger partial charge in [0.2, 0.25) is 5.95 Å². The maximum atomic E-state index is 11.2. The number of nitro groups is 1. The molecular formula is C21H16N4O2. The van der Waals surface area contributed by atoms with Crippen molar-refractivity contribution in [2.75, 3.05) is 5.32 Å². The van der Waals surface area contributed by atoms with Crippen molar-refractivity contribution in [3.8, 4) is 11.3 Å². The van der Waals surface area contributed by atoms with Crippen molar-refractivity contribution < 1.29 is 4.92 Å². The fourth-order valence-corrected chi connectivity index (χ4v) is 2.95. The summed E-state index contributed by atoms with van der Waals surface area (Å²) >= 11 is 0. The van der Waals surface area contributed by atoms with Crippen molar-refractivity contribution in [3.63, 3.8) is 0 Å². The van der Waals surface area contributed by atoms with Crippen LogP contribution in [0.4, 0.5) is 17.3 Å². The summed E-state index contributed by atoms with van der Waals surface area (Å²) in [5.41, 5.74) is 4.19. The van der Waals surface area contributed by atoms with Gasteiger partial charge >= 0.3 is 0 Å². The molecule has 132 valence electrons. The highest BCUT2D eigenvalue weighted by Crippen LogP contribution is 2.30. The Bertz CT molecular complexity index is 1140. The lowest BCUT2D eigenvalue weighted by Gasteiger charge is -2.11. The predicted molar refractivity (Wildman–Crippen MR) is 106 cm³/mol. The van der Waals surface area contributed by atoms with E-state index in [-0.39, 0.29) is 5.69 Å². The second-order valence-electron chi connectivity index (χ2n) is 6.21. The van der Waals surface area contributed by atoms with E-state index in [1.807, 2.05) is 61.5 Å². The number of fused-ring (bicyclic) bond motifs is 1. The zero-order chi connectivity index (χ0) is 18.8. The lowest BCUT2D eigenvalue weighted by molar-refractivity contribution is -0.384. The van der Waals surface area contributed by atoms with E-state index in [4.69, 9.17) is 0 Å². The van der Waals surface area contributed by atoms with E-state index < -0.39 is 4.92 Å². The summed E-state index contributed by atoms with van der Waals surface area (Å²) < 4.78 is 0. The number of rotatable bonds is 4. The van der Waals surface area contributed by atoms with Crippen LogP contribution in [0, 0.1) is 17.0 Å². The maximum Gasteiger partial charge on any atom is 0.270 e. The van der Waals surface area contributed by atoms with Crippen molar-refractivity contribution in [2.45, 2.75) is 6.92 Å². The molecule has 6 heteroatoms. The lowest BCUT2D eigenvalue weighted by atomic mass is 10.1. The molecule has 0 aliphatic heterocycles. The minimum atomic E-state index is -0.410. The molecule has 4 aromatic rings. The molecule has 0 spiro atoms. The Hall–Kier alpha value is -3.80. The number of anilines is 2. The molecule has 0 unspecified atom stereocenters. The molecule has 0 amide bonds. The standard InChI is InChI=1S/C21H16N4O2/c1-14-6-5-9-16(12-14)22-21-23-19-11-10-17(25(26)27)13-18(19)20(24-21)15-7-3-2-4-8-15/h2-13H,1H3,(H,22,23,24). The molecule has 3 aromatic carbocycles. The van der Waals surface area contributed by atoms with Gasteiger partial charge in [-0.05, 0) is 30.7 Å². The molecule has 1 N–H and O–H groups in total. The van der Waals surface area contributed by atoms with Gasteiger partial charge in [-0.1, -0.05) is 42.5 Å². The molecule has 0 bridgehead atoms. The second kappa shape index (κ2) is 6.84. The summed E-state index contributed by atoms with van der Waals surface area (Å²) in [5, 5.41) is 15.1. The molecule has 0 saturated heterocycles. The average Bonchev–Trinajstić information content (AvgIpc) is 2.67. The van der Waals surface area contributed by atoms with Crippen LogP contribution < -0.4 is 5.32 Å². The zero-order valence-electron chi connectivity index (χ0n) is 14.6. The number of non-ortho nitro benzene ring substituents is 1. The number of nitro benzene ring substituents is 1. The molecule has 0 radical (unpaired) electrons. The number of aromatic nitrogens is 2. The van der Waals surface area contributed by atoms with E-state index in [2.05, 4.69) is 15.3 Å². The van der Waals surface area contributed by atoms with Gasteiger partial charge in [0.25, 0.3) is 5.69 Å². The van der Waals surface area contributed by atoms with E-state index in [1.54, 1.807) is 6.07 Å². The fraction of sp³-hybridized carbons (Fsp3) is 0.0476. The highest BCUT2D eigenvalue weighted by atomic mass is 16.6. The normalized spacial score (nSPS) is 10.7. The molecule has 0 atom stereocenters. The van der Waals surface area contributed by atoms with Gasteiger partial charge in [0.05, 0.1) is 16.1 Å². The molecule has 0 aliphatic rings. The van der Waals surface area contributed by atoms with Gasteiger partial charge < -0.3 is 5.32 Å². The third-order valence-electron chi connectivity index (χ3n) is 4.21. The van der Waals surface area contributed by atoms with E-state index in [0.29, 0.717) is 22.5 Å². The van der Waals surface area contributed by atoms with E-state index in [9.17, 15) is 10.1 Å². The minimum absolute atomic E-state index is 0.0164. The predicted octanol–water partition coefficient (Wildman–Crippen LogP) is 5.26. The van der Waals surface area contributed by atoms with E-state index >= 15 is 0 Å². The Labute approximate surface area is 155 Å². The van der Waals surface area contributed by atoms with Gasteiger partial charge in [0, 0.05) is 28.8 Å². The Morgan fingerprint density at radius 3 is 2.48 bits per heavy atom. The quantitative estimate of drug-likeness (QED) is 0.398. The zero-order valence-corrected chi connectivity index (χ0v) is 14.6. The highest BCUT2D eigenvalue weighted by molar-refractivity contribution is 5.94. The molecule has 4 rings (SSSR count). The van der Waals surface area contributed by atoms with Crippen molar-refractivity contribution in [2.24, 2.45) is 0 Å². The molecule has 1 heterocycles. The van der Waals surface area contributed by atoms with Crippen LogP contribution >= 0.6 is 0 Å². The Morgan fingerprint density at radius 1 is 0.926 bits per heavy atom. The van der Waals surface area contributed by atoms with Gasteiger partial charge in [0.1, 0.15) is 0 Å². The number of hydrogen-bond donors (Lipinski definition) is 1. The Morgan fingerprint density at radius 2 is 1.74 bits per heavy atom. The van der Waals surface area contributed by atoms with Gasteiger partial charge in [-0.25, -0.2) is 9.97 Å². The van der Waals surface area contributed by atoms with Crippen LogP contribution in [0.15, 0.2) is 72.8 Å². The van der Waals surface area contributed by atoms with Crippen LogP contribution in [0.5, 0.6) is 0 Å². The van der Waals surface area contributed by atoms with Gasteiger partial charge in [-0.2, -0.15) is 0 Å².